The number of rotatable bonds is 8. The Morgan fingerprint density at radius 3 is 2.39 bits per heavy atom. The van der Waals surface area contributed by atoms with Crippen LogP contribution in [0.4, 0.5) is 0 Å². The van der Waals surface area contributed by atoms with Gasteiger partial charge in [0.1, 0.15) is 5.82 Å². The van der Waals surface area contributed by atoms with Gasteiger partial charge < -0.3 is 4.90 Å². The number of nitrogens with zero attached hydrogens (tertiary/aromatic N) is 3. The average molecular weight is 420 g/mol. The molecule has 0 aliphatic rings. The van der Waals surface area contributed by atoms with E-state index in [9.17, 15) is 9.59 Å². The molecule has 0 N–H and O–H groups in total. The molecule has 1 amide bonds. The van der Waals surface area contributed by atoms with E-state index >= 15 is 0 Å². The predicted octanol–water partition coefficient (Wildman–Crippen LogP) is 5.43. The fourth-order valence-electron chi connectivity index (χ4n) is 3.85. The van der Waals surface area contributed by atoms with Crippen LogP contribution in [0, 0.1) is 12.8 Å². The van der Waals surface area contributed by atoms with Crippen molar-refractivity contribution in [3.05, 3.63) is 70.3 Å². The summed E-state index contributed by atoms with van der Waals surface area (Å²) in [4.78, 5) is 33.4. The molecule has 5 heteroatoms. The molecule has 0 fully saturated rings. The molecule has 0 saturated heterocycles. The standard InChI is InChI=1S/C26H33N3O2/c1-6-7-12-24(30)28(17-18(2)3)20(5)25-27-23-11-9-8-10-22(23)26(31)29(25)21-15-13-19(4)14-16-21/h8-11,13-16,18,20H,6-7,12,17H2,1-5H3. The molecule has 0 aliphatic carbocycles. The highest BCUT2D eigenvalue weighted by atomic mass is 16.2. The van der Waals surface area contributed by atoms with Crippen LogP contribution in [-0.4, -0.2) is 26.9 Å². The second-order valence-corrected chi connectivity index (χ2v) is 8.68. The Morgan fingerprint density at radius 1 is 1.06 bits per heavy atom. The molecule has 1 unspecified atom stereocenters. The molecular weight excluding hydrogens is 386 g/mol. The summed E-state index contributed by atoms with van der Waals surface area (Å²) in [6.45, 7) is 10.9. The largest absolute Gasteiger partial charge is 0.333 e. The third-order valence-corrected chi connectivity index (χ3v) is 5.56. The van der Waals surface area contributed by atoms with Crippen molar-refractivity contribution >= 4 is 16.8 Å². The lowest BCUT2D eigenvalue weighted by atomic mass is 10.1. The Labute approximate surface area is 184 Å². The van der Waals surface area contributed by atoms with E-state index in [2.05, 4.69) is 20.8 Å². The van der Waals surface area contributed by atoms with E-state index in [1.54, 1.807) is 4.57 Å². The summed E-state index contributed by atoms with van der Waals surface area (Å²) >= 11 is 0. The highest BCUT2D eigenvalue weighted by Gasteiger charge is 2.27. The number of hydrogen-bond acceptors (Lipinski definition) is 3. The van der Waals surface area contributed by atoms with Gasteiger partial charge in [-0.1, -0.05) is 57.0 Å². The quantitative estimate of drug-likeness (QED) is 0.489. The number of aryl methyl sites for hydroxylation is 1. The van der Waals surface area contributed by atoms with Crippen molar-refractivity contribution < 1.29 is 4.79 Å². The zero-order valence-corrected chi connectivity index (χ0v) is 19.3. The molecule has 0 saturated carbocycles. The lowest BCUT2D eigenvalue weighted by Gasteiger charge is -2.32. The smallest absolute Gasteiger partial charge is 0.266 e. The highest BCUT2D eigenvalue weighted by Crippen LogP contribution is 2.25. The Morgan fingerprint density at radius 2 is 1.74 bits per heavy atom. The first-order valence-electron chi connectivity index (χ1n) is 11.2. The van der Waals surface area contributed by atoms with Crippen LogP contribution in [0.5, 0.6) is 0 Å². The van der Waals surface area contributed by atoms with E-state index < -0.39 is 0 Å². The summed E-state index contributed by atoms with van der Waals surface area (Å²) in [5.41, 5.74) is 2.43. The van der Waals surface area contributed by atoms with Crippen LogP contribution in [0.1, 0.15) is 64.4 Å². The molecule has 31 heavy (non-hydrogen) atoms. The van der Waals surface area contributed by atoms with Crippen LogP contribution in [0.15, 0.2) is 53.3 Å². The highest BCUT2D eigenvalue weighted by molar-refractivity contribution is 5.79. The molecule has 1 aromatic heterocycles. The van der Waals surface area contributed by atoms with E-state index in [1.165, 1.54) is 0 Å². The molecule has 164 valence electrons. The van der Waals surface area contributed by atoms with E-state index in [1.807, 2.05) is 67.3 Å². The first-order valence-corrected chi connectivity index (χ1v) is 11.2. The van der Waals surface area contributed by atoms with Crippen LogP contribution < -0.4 is 5.56 Å². The number of benzene rings is 2. The van der Waals surface area contributed by atoms with Crippen molar-refractivity contribution in [2.24, 2.45) is 5.92 Å². The van der Waals surface area contributed by atoms with Gasteiger partial charge >= 0.3 is 0 Å². The normalized spacial score (nSPS) is 12.3. The molecule has 0 radical (unpaired) electrons. The third-order valence-electron chi connectivity index (χ3n) is 5.56. The molecule has 1 atom stereocenters. The van der Waals surface area contributed by atoms with Gasteiger partial charge in [0.05, 0.1) is 22.6 Å². The number of carbonyl (C=O) groups excluding carboxylic acids is 1. The van der Waals surface area contributed by atoms with E-state index in [-0.39, 0.29) is 17.5 Å². The first-order chi connectivity index (χ1) is 14.8. The summed E-state index contributed by atoms with van der Waals surface area (Å²) in [6.07, 6.45) is 2.34. The molecular formula is C26H33N3O2. The molecule has 0 aliphatic heterocycles. The molecule has 0 spiro atoms. The van der Waals surface area contributed by atoms with Gasteiger partial charge in [-0.25, -0.2) is 4.98 Å². The van der Waals surface area contributed by atoms with Crippen molar-refractivity contribution in [2.45, 2.75) is 59.9 Å². The maximum Gasteiger partial charge on any atom is 0.266 e. The Hall–Kier alpha value is -2.95. The molecule has 0 bridgehead atoms. The van der Waals surface area contributed by atoms with Crippen LogP contribution in [-0.2, 0) is 4.79 Å². The van der Waals surface area contributed by atoms with Crippen molar-refractivity contribution in [1.82, 2.24) is 14.5 Å². The fourth-order valence-corrected chi connectivity index (χ4v) is 3.85. The zero-order chi connectivity index (χ0) is 22.5. The lowest BCUT2D eigenvalue weighted by molar-refractivity contribution is -0.134. The number of aromatic nitrogens is 2. The van der Waals surface area contributed by atoms with Gasteiger partial charge in [-0.15, -0.1) is 0 Å². The predicted molar refractivity (Wildman–Crippen MR) is 127 cm³/mol. The Bertz CT molecular complexity index is 1100. The molecule has 3 aromatic rings. The van der Waals surface area contributed by atoms with Gasteiger partial charge in [0.2, 0.25) is 5.91 Å². The number of amides is 1. The minimum atomic E-state index is -0.328. The summed E-state index contributed by atoms with van der Waals surface area (Å²) in [5.74, 6) is 1.02. The van der Waals surface area contributed by atoms with Crippen LogP contribution in [0.3, 0.4) is 0 Å². The van der Waals surface area contributed by atoms with E-state index in [0.717, 1.165) is 24.1 Å². The molecule has 3 rings (SSSR count). The molecule has 5 nitrogen and oxygen atoms in total. The summed E-state index contributed by atoms with van der Waals surface area (Å²) < 4.78 is 1.67. The SMILES string of the molecule is CCCCC(=O)N(CC(C)C)C(C)c1nc2ccccc2c(=O)n1-c1ccc(C)cc1. The Kier molecular flexibility index (Phi) is 7.26. The lowest BCUT2D eigenvalue weighted by Crippen LogP contribution is -2.39. The maximum atomic E-state index is 13.5. The van der Waals surface area contributed by atoms with Crippen molar-refractivity contribution in [3.8, 4) is 5.69 Å². The minimum absolute atomic E-state index is 0.109. The second kappa shape index (κ2) is 9.90. The van der Waals surface area contributed by atoms with Crippen LogP contribution in [0.25, 0.3) is 16.6 Å². The van der Waals surface area contributed by atoms with Gasteiger partial charge in [0.25, 0.3) is 5.56 Å². The number of carbonyl (C=O) groups is 1. The van der Waals surface area contributed by atoms with Gasteiger partial charge in [-0.05, 0) is 50.5 Å². The number of para-hydroxylation sites is 1. The van der Waals surface area contributed by atoms with Crippen molar-refractivity contribution in [2.75, 3.05) is 6.54 Å². The van der Waals surface area contributed by atoms with Gasteiger partial charge in [-0.2, -0.15) is 0 Å². The molecule has 1 heterocycles. The van der Waals surface area contributed by atoms with Crippen molar-refractivity contribution in [1.29, 1.82) is 0 Å². The maximum absolute atomic E-state index is 13.5. The van der Waals surface area contributed by atoms with Crippen molar-refractivity contribution in [3.63, 3.8) is 0 Å². The van der Waals surface area contributed by atoms with Crippen LogP contribution in [0.2, 0.25) is 0 Å². The monoisotopic (exact) mass is 419 g/mol. The third kappa shape index (κ3) is 5.04. The fraction of sp³-hybridized carbons (Fsp3) is 0.423. The van der Waals surface area contributed by atoms with Gasteiger partial charge in [-0.3, -0.25) is 14.2 Å². The summed E-state index contributed by atoms with van der Waals surface area (Å²) in [5, 5.41) is 0.576. The van der Waals surface area contributed by atoms with E-state index in [0.29, 0.717) is 35.6 Å². The second-order valence-electron chi connectivity index (χ2n) is 8.68. The first kappa shape index (κ1) is 22.7. The minimum Gasteiger partial charge on any atom is -0.333 e. The number of fused-ring (bicyclic) bond motifs is 1. The van der Waals surface area contributed by atoms with Gasteiger partial charge in [0, 0.05) is 13.0 Å². The van der Waals surface area contributed by atoms with Crippen LogP contribution >= 0.6 is 0 Å². The Balaban J connectivity index is 2.20. The topological polar surface area (TPSA) is 55.2 Å². The average Bonchev–Trinajstić information content (AvgIpc) is 2.76. The summed E-state index contributed by atoms with van der Waals surface area (Å²) in [6, 6.07) is 14.9. The number of hydrogen-bond donors (Lipinski definition) is 0. The van der Waals surface area contributed by atoms with Gasteiger partial charge in [0.15, 0.2) is 0 Å². The van der Waals surface area contributed by atoms with E-state index in [4.69, 9.17) is 4.98 Å². The number of unbranched alkanes of at least 4 members (excludes halogenated alkanes) is 1. The summed E-state index contributed by atoms with van der Waals surface area (Å²) in [7, 11) is 0. The molecule has 2 aromatic carbocycles. The zero-order valence-electron chi connectivity index (χ0n) is 19.3.